The first kappa shape index (κ1) is 30.4. The first-order valence-electron chi connectivity index (χ1n) is 11.5. The van der Waals surface area contributed by atoms with Crippen LogP contribution in [0.15, 0.2) is 29.3 Å². The van der Waals surface area contributed by atoms with Crippen molar-refractivity contribution in [3.63, 3.8) is 0 Å². The fourth-order valence-electron chi connectivity index (χ4n) is 3.84. The smallest absolute Gasteiger partial charge is 0.406 e. The molecule has 0 saturated carbocycles. The fraction of sp³-hybridized carbons (Fsp3) is 0.636. The largest absolute Gasteiger partial charge is 0.573 e. The molecule has 4 N–H and O–H groups in total. The number of guanidine groups is 1. The molecule has 4 atom stereocenters. The Morgan fingerprint density at radius 2 is 1.78 bits per heavy atom. The van der Waals surface area contributed by atoms with E-state index < -0.39 is 54.1 Å². The normalized spacial score (nSPS) is 23.2. The number of nitrogens with zero attached hydrogens (tertiary/aromatic N) is 2. The van der Waals surface area contributed by atoms with Gasteiger partial charge in [0.25, 0.3) is 0 Å². The number of ether oxygens (including phenoxy) is 1. The van der Waals surface area contributed by atoms with Crippen LogP contribution in [-0.2, 0) is 0 Å². The molecule has 2 amide bonds. The van der Waals surface area contributed by atoms with E-state index in [2.05, 4.69) is 31.0 Å². The quantitative estimate of drug-likeness (QED) is 0.276. The first-order chi connectivity index (χ1) is 17.1. The van der Waals surface area contributed by atoms with Crippen LogP contribution in [0.1, 0.15) is 26.7 Å². The summed E-state index contributed by atoms with van der Waals surface area (Å²) in [5, 5.41) is 9.20. The Kier molecular flexibility index (Phi) is 9.99. The second-order valence-electron chi connectivity index (χ2n) is 8.89. The van der Waals surface area contributed by atoms with E-state index >= 15 is 4.39 Å². The molecular weight excluding hydrogens is 513 g/mol. The summed E-state index contributed by atoms with van der Waals surface area (Å²) in [7, 11) is 3.63. The Labute approximate surface area is 210 Å². The van der Waals surface area contributed by atoms with Gasteiger partial charge in [0, 0.05) is 5.69 Å². The summed E-state index contributed by atoms with van der Waals surface area (Å²) in [4.78, 5) is 18.3. The maximum Gasteiger partial charge on any atom is 0.573 e. The Morgan fingerprint density at radius 3 is 2.30 bits per heavy atom. The number of anilines is 1. The number of aliphatic imine (C=N–C) groups is 1. The SMILES string of the molecule is CCC(C)C1(C(F)(F)F)NC(NC(=O)Nc2ccc(OC(F)(F)F)cc2)=NC(NCCCN(C)C)C1F. The lowest BCUT2D eigenvalue weighted by Gasteiger charge is -2.48. The van der Waals surface area contributed by atoms with Crippen LogP contribution in [0.4, 0.5) is 41.2 Å². The number of alkyl halides is 7. The summed E-state index contributed by atoms with van der Waals surface area (Å²) >= 11 is 0. The van der Waals surface area contributed by atoms with E-state index in [0.29, 0.717) is 13.0 Å². The number of nitrogens with one attached hydrogen (secondary N) is 4. The third kappa shape index (κ3) is 8.09. The molecule has 1 aromatic rings. The van der Waals surface area contributed by atoms with Crippen LogP contribution in [0, 0.1) is 5.92 Å². The number of carbonyl (C=O) groups is 1. The second-order valence-corrected chi connectivity index (χ2v) is 8.89. The Morgan fingerprint density at radius 1 is 1.16 bits per heavy atom. The molecule has 0 bridgehead atoms. The molecular formula is C22H31F7N6O2. The van der Waals surface area contributed by atoms with Crippen LogP contribution in [0.3, 0.4) is 0 Å². The lowest BCUT2D eigenvalue weighted by atomic mass is 9.76. The van der Waals surface area contributed by atoms with Gasteiger partial charge in [-0.3, -0.25) is 10.6 Å². The minimum atomic E-state index is -5.04. The number of hydrogen-bond acceptors (Lipinski definition) is 6. The van der Waals surface area contributed by atoms with Gasteiger partial charge in [0.05, 0.1) is 0 Å². The minimum Gasteiger partial charge on any atom is -0.406 e. The molecule has 1 heterocycles. The Bertz CT molecular complexity index is 924. The molecule has 0 aliphatic carbocycles. The van der Waals surface area contributed by atoms with Crippen LogP contribution in [0.5, 0.6) is 5.75 Å². The molecule has 0 saturated heterocycles. The summed E-state index contributed by atoms with van der Waals surface area (Å²) in [6, 6.07) is 3.04. The van der Waals surface area contributed by atoms with E-state index in [1.165, 1.54) is 13.8 Å². The molecule has 0 radical (unpaired) electrons. The average Bonchev–Trinajstić information content (AvgIpc) is 2.77. The highest BCUT2D eigenvalue weighted by atomic mass is 19.4. The van der Waals surface area contributed by atoms with Crippen LogP contribution in [-0.4, -0.2) is 74.5 Å². The van der Waals surface area contributed by atoms with Crippen molar-refractivity contribution < 1.29 is 40.3 Å². The average molecular weight is 545 g/mol. The maximum absolute atomic E-state index is 15.5. The monoisotopic (exact) mass is 544 g/mol. The molecule has 2 rings (SSSR count). The molecule has 0 fully saturated rings. The summed E-state index contributed by atoms with van der Waals surface area (Å²) in [5.74, 6) is -2.37. The standard InChI is InChI=1S/C22H31F7N6O2/c1-5-13(2)20(21(24,25)26)16(23)17(30-11-6-12-35(3)4)32-18(34-20)33-19(36)31-14-7-9-15(10-8-14)37-22(27,28)29/h7-10,13,16-17,30H,5-6,11-12H2,1-4H3,(H3,31,32,33,34,36). The van der Waals surface area contributed by atoms with Gasteiger partial charge >= 0.3 is 18.6 Å². The van der Waals surface area contributed by atoms with Gasteiger partial charge in [-0.1, -0.05) is 20.3 Å². The van der Waals surface area contributed by atoms with Crippen molar-refractivity contribution in [3.8, 4) is 5.75 Å². The lowest BCUT2D eigenvalue weighted by molar-refractivity contribution is -0.274. The van der Waals surface area contributed by atoms with Gasteiger partial charge in [-0.25, -0.2) is 14.2 Å². The van der Waals surface area contributed by atoms with Crippen molar-refractivity contribution in [2.45, 2.75) is 57.1 Å². The molecule has 210 valence electrons. The summed E-state index contributed by atoms with van der Waals surface area (Å²) in [5.41, 5.74) is -3.02. The third-order valence-electron chi connectivity index (χ3n) is 5.88. The Hall–Kier alpha value is -2.81. The number of rotatable bonds is 9. The van der Waals surface area contributed by atoms with E-state index in [9.17, 15) is 31.1 Å². The van der Waals surface area contributed by atoms with Crippen LogP contribution in [0.25, 0.3) is 0 Å². The molecule has 1 aliphatic rings. The second kappa shape index (κ2) is 12.2. The number of benzene rings is 1. The number of hydrogen-bond donors (Lipinski definition) is 4. The number of urea groups is 1. The first-order valence-corrected chi connectivity index (χ1v) is 11.5. The van der Waals surface area contributed by atoms with Crippen LogP contribution < -0.4 is 26.0 Å². The molecule has 15 heteroatoms. The summed E-state index contributed by atoms with van der Waals surface area (Å²) in [6.45, 7) is 3.52. The van der Waals surface area contributed by atoms with Crippen molar-refractivity contribution in [2.24, 2.45) is 10.9 Å². The number of halogens is 7. The van der Waals surface area contributed by atoms with Crippen LogP contribution in [0.2, 0.25) is 0 Å². The summed E-state index contributed by atoms with van der Waals surface area (Å²) in [6.07, 6.45) is -13.6. The van der Waals surface area contributed by atoms with E-state index in [1.807, 2.05) is 19.0 Å². The molecule has 4 unspecified atom stereocenters. The number of amides is 2. The highest BCUT2D eigenvalue weighted by Crippen LogP contribution is 2.44. The molecule has 0 spiro atoms. The van der Waals surface area contributed by atoms with Gasteiger partial charge < -0.3 is 20.3 Å². The molecule has 8 nitrogen and oxygen atoms in total. The third-order valence-corrected chi connectivity index (χ3v) is 5.88. The van der Waals surface area contributed by atoms with Crippen LogP contribution >= 0.6 is 0 Å². The fourth-order valence-corrected chi connectivity index (χ4v) is 3.84. The lowest BCUT2D eigenvalue weighted by Crippen LogP contribution is -2.75. The summed E-state index contributed by atoms with van der Waals surface area (Å²) < 4.78 is 99.2. The van der Waals surface area contributed by atoms with E-state index in [4.69, 9.17) is 0 Å². The van der Waals surface area contributed by atoms with Gasteiger partial charge in [0.1, 0.15) is 11.9 Å². The topological polar surface area (TPSA) is 90.0 Å². The van der Waals surface area contributed by atoms with Gasteiger partial charge in [-0.2, -0.15) is 13.2 Å². The molecule has 0 aromatic heterocycles. The van der Waals surface area contributed by atoms with Crippen molar-refractivity contribution >= 4 is 17.7 Å². The Balaban J connectivity index is 2.23. The van der Waals surface area contributed by atoms with Crippen molar-refractivity contribution in [1.29, 1.82) is 0 Å². The van der Waals surface area contributed by atoms with Crippen molar-refractivity contribution in [1.82, 2.24) is 20.9 Å². The van der Waals surface area contributed by atoms with Crippen molar-refractivity contribution in [3.05, 3.63) is 24.3 Å². The van der Waals surface area contributed by atoms with Gasteiger partial charge in [-0.05, 0) is 63.8 Å². The van der Waals surface area contributed by atoms with Gasteiger partial charge in [0.2, 0.25) is 5.96 Å². The highest BCUT2D eigenvalue weighted by Gasteiger charge is 2.66. The van der Waals surface area contributed by atoms with Gasteiger partial charge in [-0.15, -0.1) is 13.2 Å². The maximum atomic E-state index is 15.5. The van der Waals surface area contributed by atoms with E-state index in [0.717, 1.165) is 24.3 Å². The zero-order valence-corrected chi connectivity index (χ0v) is 20.7. The van der Waals surface area contributed by atoms with Gasteiger partial charge in [0.15, 0.2) is 11.7 Å². The molecule has 1 aliphatic heterocycles. The predicted molar refractivity (Wildman–Crippen MR) is 124 cm³/mol. The highest BCUT2D eigenvalue weighted by molar-refractivity contribution is 6.03. The van der Waals surface area contributed by atoms with Crippen molar-refractivity contribution in [2.75, 3.05) is 32.5 Å². The zero-order chi connectivity index (χ0) is 28.0. The zero-order valence-electron chi connectivity index (χ0n) is 20.7. The number of carbonyl (C=O) groups excluding carboxylic acids is 1. The molecule has 37 heavy (non-hydrogen) atoms. The minimum absolute atomic E-state index is 0.0217. The predicted octanol–water partition coefficient (Wildman–Crippen LogP) is 4.22. The molecule has 1 aromatic carbocycles. The van der Waals surface area contributed by atoms with E-state index in [1.54, 1.807) is 0 Å². The van der Waals surface area contributed by atoms with E-state index in [-0.39, 0.29) is 18.7 Å².